The van der Waals surface area contributed by atoms with Crippen LogP contribution in [0.25, 0.3) is 0 Å². The van der Waals surface area contributed by atoms with E-state index in [2.05, 4.69) is 40.5 Å². The minimum Gasteiger partial charge on any atom is -0.110 e. The molecule has 0 saturated heterocycles. The van der Waals surface area contributed by atoms with Crippen LogP contribution in [0.2, 0.25) is 0 Å². The maximum atomic E-state index is 2.40. The zero-order chi connectivity index (χ0) is 9.02. The molecule has 2 atom stereocenters. The summed E-state index contributed by atoms with van der Waals surface area (Å²) in [7, 11) is 0.583. The fourth-order valence-corrected chi connectivity index (χ4v) is 2.56. The molecule has 0 aliphatic carbocycles. The minimum atomic E-state index is 0.291. The molecule has 0 radical (unpaired) electrons. The molecule has 0 aliphatic heterocycles. The summed E-state index contributed by atoms with van der Waals surface area (Å²) in [5.41, 5.74) is 1.93. The fraction of sp³-hybridized carbons (Fsp3) is 1.00. The predicted molar refractivity (Wildman–Crippen MR) is 61.1 cm³/mol. The van der Waals surface area contributed by atoms with Crippen LogP contribution in [0.4, 0.5) is 0 Å². The van der Waals surface area contributed by atoms with Gasteiger partial charge in [-0.25, -0.2) is 0 Å². The van der Waals surface area contributed by atoms with Crippen molar-refractivity contribution in [3.63, 3.8) is 0 Å². The van der Waals surface area contributed by atoms with Gasteiger partial charge in [-0.15, -0.1) is 15.8 Å². The van der Waals surface area contributed by atoms with Crippen LogP contribution in [0.5, 0.6) is 0 Å². The second-order valence-electron chi connectivity index (χ2n) is 3.86. The van der Waals surface area contributed by atoms with Crippen molar-refractivity contribution in [3.05, 3.63) is 0 Å². The molecule has 0 unspecified atom stereocenters. The SMILES string of the molecule is C[C@@H](C[C@H](C)P(C)C)P(C)C. The molecule has 68 valence electrons. The van der Waals surface area contributed by atoms with Gasteiger partial charge in [0.15, 0.2) is 0 Å². The quantitative estimate of drug-likeness (QED) is 0.596. The van der Waals surface area contributed by atoms with Crippen LogP contribution in [0.1, 0.15) is 20.3 Å². The Kier molecular flexibility index (Phi) is 5.93. The molecule has 0 bridgehead atoms. The predicted octanol–water partition coefficient (Wildman–Crippen LogP) is 3.64. The fourth-order valence-electron chi connectivity index (χ4n) is 0.915. The maximum Gasteiger partial charge on any atom is -0.0237 e. The zero-order valence-electron chi connectivity index (χ0n) is 8.76. The van der Waals surface area contributed by atoms with Crippen molar-refractivity contribution in [1.29, 1.82) is 0 Å². The van der Waals surface area contributed by atoms with Crippen molar-refractivity contribution in [2.24, 2.45) is 0 Å². The van der Waals surface area contributed by atoms with Gasteiger partial charge >= 0.3 is 0 Å². The average molecular weight is 192 g/mol. The van der Waals surface area contributed by atoms with Crippen molar-refractivity contribution in [2.45, 2.75) is 31.6 Å². The normalized spacial score (nSPS) is 17.5. The van der Waals surface area contributed by atoms with Crippen LogP contribution >= 0.6 is 15.8 Å². The monoisotopic (exact) mass is 192 g/mol. The highest BCUT2D eigenvalue weighted by Gasteiger charge is 2.13. The van der Waals surface area contributed by atoms with Crippen LogP contribution in [-0.4, -0.2) is 38.0 Å². The molecule has 0 fully saturated rings. The molecule has 2 heteroatoms. The molecule has 0 aliphatic rings. The van der Waals surface area contributed by atoms with Gasteiger partial charge in [0.2, 0.25) is 0 Å². The van der Waals surface area contributed by atoms with Crippen molar-refractivity contribution < 1.29 is 0 Å². The van der Waals surface area contributed by atoms with E-state index < -0.39 is 0 Å². The summed E-state index contributed by atoms with van der Waals surface area (Å²) < 4.78 is 0. The van der Waals surface area contributed by atoms with E-state index in [1.165, 1.54) is 6.42 Å². The van der Waals surface area contributed by atoms with Gasteiger partial charge in [-0.05, 0) is 44.4 Å². The standard InChI is InChI=1S/C9H22P2/c1-8(10(3)4)7-9(2)11(5)6/h8-9H,7H2,1-6H3/t8-,9-/m0/s1. The van der Waals surface area contributed by atoms with Gasteiger partial charge in [0.1, 0.15) is 0 Å². The molecule has 0 amide bonds. The lowest BCUT2D eigenvalue weighted by Gasteiger charge is -2.23. The molecular weight excluding hydrogens is 170 g/mol. The first-order valence-corrected chi connectivity index (χ1v) is 8.89. The minimum absolute atomic E-state index is 0.291. The first kappa shape index (κ1) is 11.9. The highest BCUT2D eigenvalue weighted by atomic mass is 31.1. The molecular formula is C9H22P2. The van der Waals surface area contributed by atoms with Crippen molar-refractivity contribution >= 4 is 15.8 Å². The van der Waals surface area contributed by atoms with Crippen LogP contribution in [0, 0.1) is 0 Å². The Hall–Kier alpha value is 0.860. The summed E-state index contributed by atoms with van der Waals surface area (Å²) >= 11 is 0. The van der Waals surface area contributed by atoms with Crippen molar-refractivity contribution in [1.82, 2.24) is 0 Å². The van der Waals surface area contributed by atoms with Crippen LogP contribution in [0.3, 0.4) is 0 Å². The van der Waals surface area contributed by atoms with E-state index in [0.29, 0.717) is 15.8 Å². The largest absolute Gasteiger partial charge is 0.110 e. The van der Waals surface area contributed by atoms with Gasteiger partial charge in [0.25, 0.3) is 0 Å². The maximum absolute atomic E-state index is 2.40. The molecule has 0 N–H and O–H groups in total. The molecule has 0 aromatic carbocycles. The summed E-state index contributed by atoms with van der Waals surface area (Å²) in [6.07, 6.45) is 1.44. The first-order chi connectivity index (χ1) is 4.95. The van der Waals surface area contributed by atoms with Crippen LogP contribution in [-0.2, 0) is 0 Å². The number of hydrogen-bond donors (Lipinski definition) is 0. The van der Waals surface area contributed by atoms with Crippen molar-refractivity contribution in [3.8, 4) is 0 Å². The number of rotatable bonds is 4. The zero-order valence-corrected chi connectivity index (χ0v) is 10.5. The Morgan fingerprint density at radius 2 is 1.09 bits per heavy atom. The van der Waals surface area contributed by atoms with Gasteiger partial charge in [-0.1, -0.05) is 13.8 Å². The van der Waals surface area contributed by atoms with Gasteiger partial charge in [-0.3, -0.25) is 0 Å². The molecule has 0 spiro atoms. The Morgan fingerprint density at radius 1 is 0.818 bits per heavy atom. The Bertz CT molecular complexity index is 87.7. The lowest BCUT2D eigenvalue weighted by molar-refractivity contribution is 0.788. The van der Waals surface area contributed by atoms with Gasteiger partial charge in [0.05, 0.1) is 0 Å². The Labute approximate surface area is 74.7 Å². The lowest BCUT2D eigenvalue weighted by Crippen LogP contribution is -2.08. The Morgan fingerprint density at radius 3 is 1.27 bits per heavy atom. The van der Waals surface area contributed by atoms with Crippen molar-refractivity contribution in [2.75, 3.05) is 26.7 Å². The molecule has 0 heterocycles. The van der Waals surface area contributed by atoms with E-state index in [1.807, 2.05) is 0 Å². The van der Waals surface area contributed by atoms with Crippen LogP contribution in [0.15, 0.2) is 0 Å². The van der Waals surface area contributed by atoms with E-state index in [9.17, 15) is 0 Å². The third-order valence-corrected chi connectivity index (χ3v) is 6.39. The summed E-state index contributed by atoms with van der Waals surface area (Å²) in [6, 6.07) is 0. The molecule has 0 rings (SSSR count). The topological polar surface area (TPSA) is 0 Å². The molecule has 0 saturated carbocycles. The third kappa shape index (κ3) is 5.15. The summed E-state index contributed by atoms with van der Waals surface area (Å²) in [4.78, 5) is 0. The van der Waals surface area contributed by atoms with Gasteiger partial charge in [-0.2, -0.15) is 0 Å². The molecule has 11 heavy (non-hydrogen) atoms. The third-order valence-electron chi connectivity index (χ3n) is 2.45. The highest BCUT2D eigenvalue weighted by Crippen LogP contribution is 2.41. The summed E-state index contributed by atoms with van der Waals surface area (Å²) in [5.74, 6) is 0. The van der Waals surface area contributed by atoms with E-state index in [4.69, 9.17) is 0 Å². The number of hydrogen-bond acceptors (Lipinski definition) is 0. The second kappa shape index (κ2) is 5.50. The van der Waals surface area contributed by atoms with E-state index in [0.717, 1.165) is 11.3 Å². The first-order valence-electron chi connectivity index (χ1n) is 4.28. The summed E-state index contributed by atoms with van der Waals surface area (Å²) in [5, 5.41) is 0. The highest BCUT2D eigenvalue weighted by molar-refractivity contribution is 7.57. The van der Waals surface area contributed by atoms with Gasteiger partial charge < -0.3 is 0 Å². The molecule has 0 nitrogen and oxygen atoms in total. The second-order valence-corrected chi connectivity index (χ2v) is 9.48. The van der Waals surface area contributed by atoms with Crippen LogP contribution < -0.4 is 0 Å². The average Bonchev–Trinajstić information content (AvgIpc) is 1.87. The lowest BCUT2D eigenvalue weighted by atomic mass is 10.3. The van der Waals surface area contributed by atoms with E-state index in [-0.39, 0.29) is 0 Å². The smallest absolute Gasteiger partial charge is 0.0237 e. The molecule has 0 aromatic rings. The van der Waals surface area contributed by atoms with E-state index in [1.54, 1.807) is 0 Å². The summed E-state index contributed by atoms with van der Waals surface area (Å²) in [6.45, 7) is 14.4. The Balaban J connectivity index is 3.66. The van der Waals surface area contributed by atoms with Gasteiger partial charge in [0, 0.05) is 0 Å². The molecule has 0 aromatic heterocycles. The van der Waals surface area contributed by atoms with E-state index >= 15 is 0 Å².